The standard InChI is InChI=1S/C12H13N3/c1-8-4-5-15-12(6-8)9-2-3-10(13)11(14)7-9/h2-7H,13-14H2,1H3. The Labute approximate surface area is 88.8 Å². The number of pyridine rings is 1. The Hall–Kier alpha value is -2.03. The van der Waals surface area contributed by atoms with Crippen LogP contribution in [0.3, 0.4) is 0 Å². The molecule has 0 aliphatic rings. The van der Waals surface area contributed by atoms with E-state index in [2.05, 4.69) is 4.98 Å². The second-order valence-electron chi connectivity index (χ2n) is 3.56. The van der Waals surface area contributed by atoms with E-state index in [1.807, 2.05) is 31.2 Å². The minimum absolute atomic E-state index is 0.593. The van der Waals surface area contributed by atoms with Gasteiger partial charge < -0.3 is 11.5 Å². The fraction of sp³-hybridized carbons (Fsp3) is 0.0833. The molecule has 4 N–H and O–H groups in total. The van der Waals surface area contributed by atoms with Gasteiger partial charge in [-0.15, -0.1) is 0 Å². The second-order valence-corrected chi connectivity index (χ2v) is 3.56. The zero-order valence-corrected chi connectivity index (χ0v) is 8.57. The van der Waals surface area contributed by atoms with Crippen molar-refractivity contribution >= 4 is 11.4 Å². The van der Waals surface area contributed by atoms with Gasteiger partial charge in [0.1, 0.15) is 0 Å². The highest BCUT2D eigenvalue weighted by Crippen LogP contribution is 2.23. The van der Waals surface area contributed by atoms with Crippen molar-refractivity contribution in [2.75, 3.05) is 11.5 Å². The first-order valence-electron chi connectivity index (χ1n) is 4.75. The largest absolute Gasteiger partial charge is 0.397 e. The molecule has 0 amide bonds. The third-order valence-corrected chi connectivity index (χ3v) is 2.30. The van der Waals surface area contributed by atoms with Crippen LogP contribution in [0.1, 0.15) is 5.56 Å². The summed E-state index contributed by atoms with van der Waals surface area (Å²) in [5.74, 6) is 0. The smallest absolute Gasteiger partial charge is 0.0705 e. The molecule has 0 aliphatic carbocycles. The highest BCUT2D eigenvalue weighted by atomic mass is 14.7. The lowest BCUT2D eigenvalue weighted by Gasteiger charge is -2.05. The molecular formula is C12H13N3. The lowest BCUT2D eigenvalue weighted by atomic mass is 10.1. The minimum Gasteiger partial charge on any atom is -0.397 e. The predicted molar refractivity (Wildman–Crippen MR) is 63.2 cm³/mol. The summed E-state index contributed by atoms with van der Waals surface area (Å²) in [5, 5.41) is 0. The molecular weight excluding hydrogens is 186 g/mol. The van der Waals surface area contributed by atoms with Gasteiger partial charge in [-0.2, -0.15) is 0 Å². The maximum atomic E-state index is 5.74. The predicted octanol–water partition coefficient (Wildman–Crippen LogP) is 2.22. The molecule has 0 fully saturated rings. The molecule has 2 aromatic rings. The summed E-state index contributed by atoms with van der Waals surface area (Å²) < 4.78 is 0. The molecule has 0 unspecified atom stereocenters. The van der Waals surface area contributed by atoms with Crippen molar-refractivity contribution in [3.8, 4) is 11.3 Å². The Morgan fingerprint density at radius 1 is 1.00 bits per heavy atom. The monoisotopic (exact) mass is 199 g/mol. The molecule has 3 heteroatoms. The maximum Gasteiger partial charge on any atom is 0.0705 e. The quantitative estimate of drug-likeness (QED) is 0.692. The summed E-state index contributed by atoms with van der Waals surface area (Å²) in [6.45, 7) is 2.03. The topological polar surface area (TPSA) is 64.9 Å². The Morgan fingerprint density at radius 2 is 1.80 bits per heavy atom. The Balaban J connectivity index is 2.50. The van der Waals surface area contributed by atoms with Crippen LogP contribution in [0.25, 0.3) is 11.3 Å². The van der Waals surface area contributed by atoms with Crippen molar-refractivity contribution in [1.29, 1.82) is 0 Å². The zero-order valence-electron chi connectivity index (χ0n) is 8.57. The third-order valence-electron chi connectivity index (χ3n) is 2.30. The van der Waals surface area contributed by atoms with Gasteiger partial charge in [0.15, 0.2) is 0 Å². The molecule has 1 heterocycles. The van der Waals surface area contributed by atoms with Gasteiger partial charge in [-0.05, 0) is 36.8 Å². The summed E-state index contributed by atoms with van der Waals surface area (Å²) >= 11 is 0. The molecule has 0 saturated heterocycles. The van der Waals surface area contributed by atoms with E-state index in [1.165, 1.54) is 5.56 Å². The number of nitrogens with two attached hydrogens (primary N) is 2. The molecule has 15 heavy (non-hydrogen) atoms. The molecule has 0 spiro atoms. The van der Waals surface area contributed by atoms with Gasteiger partial charge in [-0.1, -0.05) is 6.07 Å². The molecule has 3 nitrogen and oxygen atoms in total. The van der Waals surface area contributed by atoms with Crippen LogP contribution in [0.2, 0.25) is 0 Å². The first-order valence-corrected chi connectivity index (χ1v) is 4.75. The van der Waals surface area contributed by atoms with Gasteiger partial charge in [0.05, 0.1) is 17.1 Å². The lowest BCUT2D eigenvalue weighted by Crippen LogP contribution is -1.94. The number of benzene rings is 1. The van der Waals surface area contributed by atoms with E-state index in [-0.39, 0.29) is 0 Å². The highest BCUT2D eigenvalue weighted by Gasteiger charge is 2.01. The first-order chi connectivity index (χ1) is 7.16. The van der Waals surface area contributed by atoms with Crippen LogP contribution in [0, 0.1) is 6.92 Å². The van der Waals surface area contributed by atoms with Crippen LogP contribution >= 0.6 is 0 Å². The van der Waals surface area contributed by atoms with Gasteiger partial charge >= 0.3 is 0 Å². The van der Waals surface area contributed by atoms with Crippen molar-refractivity contribution in [3.63, 3.8) is 0 Å². The SMILES string of the molecule is Cc1ccnc(-c2ccc(N)c(N)c2)c1. The molecule has 76 valence electrons. The summed E-state index contributed by atoms with van der Waals surface area (Å²) in [6, 6.07) is 9.55. The van der Waals surface area contributed by atoms with Gasteiger partial charge in [0.2, 0.25) is 0 Å². The second kappa shape index (κ2) is 3.61. The lowest BCUT2D eigenvalue weighted by molar-refractivity contribution is 1.29. The Bertz CT molecular complexity index is 492. The van der Waals surface area contributed by atoms with Gasteiger partial charge in [-0.25, -0.2) is 0 Å². The van der Waals surface area contributed by atoms with Crippen LogP contribution < -0.4 is 11.5 Å². The molecule has 0 bridgehead atoms. The van der Waals surface area contributed by atoms with E-state index in [4.69, 9.17) is 11.5 Å². The van der Waals surface area contributed by atoms with Crippen molar-refractivity contribution in [1.82, 2.24) is 4.98 Å². The number of rotatable bonds is 1. The fourth-order valence-electron chi connectivity index (χ4n) is 1.43. The van der Waals surface area contributed by atoms with E-state index >= 15 is 0 Å². The Morgan fingerprint density at radius 3 is 2.47 bits per heavy atom. The third kappa shape index (κ3) is 1.91. The molecule has 1 aromatic carbocycles. The molecule has 0 radical (unpaired) electrons. The number of aryl methyl sites for hydroxylation is 1. The van der Waals surface area contributed by atoms with E-state index in [0.717, 1.165) is 11.3 Å². The van der Waals surface area contributed by atoms with E-state index < -0.39 is 0 Å². The van der Waals surface area contributed by atoms with Crippen molar-refractivity contribution < 1.29 is 0 Å². The van der Waals surface area contributed by atoms with Crippen LogP contribution in [-0.2, 0) is 0 Å². The molecule has 2 rings (SSSR count). The number of hydrogen-bond acceptors (Lipinski definition) is 3. The Kier molecular flexibility index (Phi) is 2.29. The number of nitrogen functional groups attached to an aromatic ring is 2. The van der Waals surface area contributed by atoms with Crippen molar-refractivity contribution in [3.05, 3.63) is 42.1 Å². The average Bonchev–Trinajstić information content (AvgIpc) is 2.22. The first kappa shape index (κ1) is 9.52. The van der Waals surface area contributed by atoms with Gasteiger partial charge in [-0.3, -0.25) is 4.98 Å². The van der Waals surface area contributed by atoms with E-state index in [9.17, 15) is 0 Å². The van der Waals surface area contributed by atoms with E-state index in [0.29, 0.717) is 11.4 Å². The van der Waals surface area contributed by atoms with Crippen LogP contribution in [-0.4, -0.2) is 4.98 Å². The van der Waals surface area contributed by atoms with Gasteiger partial charge in [0, 0.05) is 11.8 Å². The summed E-state index contributed by atoms with van der Waals surface area (Å²) in [6.07, 6.45) is 1.79. The van der Waals surface area contributed by atoms with Gasteiger partial charge in [0.25, 0.3) is 0 Å². The number of anilines is 2. The van der Waals surface area contributed by atoms with Crippen LogP contribution in [0.4, 0.5) is 11.4 Å². The van der Waals surface area contributed by atoms with Crippen molar-refractivity contribution in [2.45, 2.75) is 6.92 Å². The maximum absolute atomic E-state index is 5.74. The normalized spacial score (nSPS) is 10.2. The minimum atomic E-state index is 0.593. The van der Waals surface area contributed by atoms with E-state index in [1.54, 1.807) is 12.3 Å². The highest BCUT2D eigenvalue weighted by molar-refractivity contribution is 5.72. The number of aromatic nitrogens is 1. The molecule has 0 saturated carbocycles. The molecule has 0 atom stereocenters. The van der Waals surface area contributed by atoms with Crippen LogP contribution in [0.5, 0.6) is 0 Å². The van der Waals surface area contributed by atoms with Crippen molar-refractivity contribution in [2.24, 2.45) is 0 Å². The fourth-order valence-corrected chi connectivity index (χ4v) is 1.43. The van der Waals surface area contributed by atoms with Crippen LogP contribution in [0.15, 0.2) is 36.5 Å². The number of nitrogens with zero attached hydrogens (tertiary/aromatic N) is 1. The zero-order chi connectivity index (χ0) is 10.8. The molecule has 0 aliphatic heterocycles. The molecule has 1 aromatic heterocycles. The average molecular weight is 199 g/mol. The summed E-state index contributed by atoms with van der Waals surface area (Å²) in [5.41, 5.74) is 15.7. The summed E-state index contributed by atoms with van der Waals surface area (Å²) in [7, 11) is 0. The summed E-state index contributed by atoms with van der Waals surface area (Å²) in [4.78, 5) is 4.28. The number of hydrogen-bond donors (Lipinski definition) is 2.